The highest BCUT2D eigenvalue weighted by Gasteiger charge is 2.13. The highest BCUT2D eigenvalue weighted by atomic mass is 16.5. The average Bonchev–Trinajstić information content (AvgIpc) is 2.68. The lowest BCUT2D eigenvalue weighted by Gasteiger charge is -2.11. The smallest absolute Gasteiger partial charge is 0.307 e. The van der Waals surface area contributed by atoms with E-state index in [4.69, 9.17) is 16.2 Å². The lowest BCUT2D eigenvalue weighted by molar-refractivity contribution is -0.144. The predicted octanol–water partition coefficient (Wildman–Crippen LogP) is 3.43. The van der Waals surface area contributed by atoms with Crippen molar-refractivity contribution in [2.75, 3.05) is 6.61 Å². The van der Waals surface area contributed by atoms with Gasteiger partial charge >= 0.3 is 5.97 Å². The normalized spacial score (nSPS) is 13.3. The summed E-state index contributed by atoms with van der Waals surface area (Å²) >= 11 is 0. The Balaban J connectivity index is 1.54. The first-order chi connectivity index (χ1) is 13.0. The molecule has 0 radical (unpaired) electrons. The third-order valence-corrected chi connectivity index (χ3v) is 4.56. The third-order valence-electron chi connectivity index (χ3n) is 4.56. The van der Waals surface area contributed by atoms with E-state index in [-0.39, 0.29) is 18.4 Å². The number of fused-ring (bicyclic) bond motifs is 1. The standard InChI is InChI=1S/C22H25N3O2/c1-15(23)18-8-7-17-6-5-16(12-19(17)13-18)9-11-27-22(26)14-20(24)21-4-2-3-10-25-21/h2-8,10,12-13,15,20H,9,11,14,23-24H2,1H3/t15-,20-/m1/s1. The summed E-state index contributed by atoms with van der Waals surface area (Å²) in [5.74, 6) is -0.312. The largest absolute Gasteiger partial charge is 0.465 e. The highest BCUT2D eigenvalue weighted by molar-refractivity contribution is 5.84. The molecule has 140 valence electrons. The summed E-state index contributed by atoms with van der Waals surface area (Å²) in [6, 6.07) is 17.5. The van der Waals surface area contributed by atoms with Gasteiger partial charge in [-0.3, -0.25) is 9.78 Å². The van der Waals surface area contributed by atoms with Gasteiger partial charge in [0, 0.05) is 18.7 Å². The molecule has 0 aliphatic rings. The first-order valence-electron chi connectivity index (χ1n) is 9.13. The number of nitrogens with zero attached hydrogens (tertiary/aromatic N) is 1. The molecule has 1 heterocycles. The number of pyridine rings is 1. The number of rotatable bonds is 7. The molecule has 0 amide bonds. The second-order valence-corrected chi connectivity index (χ2v) is 6.77. The van der Waals surface area contributed by atoms with Crippen molar-refractivity contribution >= 4 is 16.7 Å². The predicted molar refractivity (Wildman–Crippen MR) is 107 cm³/mol. The van der Waals surface area contributed by atoms with Gasteiger partial charge in [0.1, 0.15) is 0 Å². The lowest BCUT2D eigenvalue weighted by Crippen LogP contribution is -2.19. The summed E-state index contributed by atoms with van der Waals surface area (Å²) in [4.78, 5) is 16.2. The van der Waals surface area contributed by atoms with Crippen LogP contribution in [0.3, 0.4) is 0 Å². The minimum absolute atomic E-state index is 0.00215. The Morgan fingerprint density at radius 3 is 2.63 bits per heavy atom. The van der Waals surface area contributed by atoms with Crippen LogP contribution in [0.4, 0.5) is 0 Å². The van der Waals surface area contributed by atoms with Crippen LogP contribution in [-0.4, -0.2) is 17.6 Å². The Morgan fingerprint density at radius 1 is 1.07 bits per heavy atom. The Bertz CT molecular complexity index is 910. The topological polar surface area (TPSA) is 91.2 Å². The maximum atomic E-state index is 12.0. The molecule has 3 aromatic rings. The van der Waals surface area contributed by atoms with Gasteiger partial charge < -0.3 is 16.2 Å². The van der Waals surface area contributed by atoms with Crippen LogP contribution in [-0.2, 0) is 16.0 Å². The Hall–Kier alpha value is -2.76. The Morgan fingerprint density at radius 2 is 1.89 bits per heavy atom. The number of nitrogens with two attached hydrogens (primary N) is 2. The molecule has 5 heteroatoms. The number of ether oxygens (including phenoxy) is 1. The van der Waals surface area contributed by atoms with Crippen molar-refractivity contribution < 1.29 is 9.53 Å². The minimum atomic E-state index is -0.448. The summed E-state index contributed by atoms with van der Waals surface area (Å²) in [6.45, 7) is 2.30. The minimum Gasteiger partial charge on any atom is -0.465 e. The van der Waals surface area contributed by atoms with Crippen LogP contribution in [0.15, 0.2) is 60.8 Å². The van der Waals surface area contributed by atoms with E-state index < -0.39 is 6.04 Å². The average molecular weight is 363 g/mol. The quantitative estimate of drug-likeness (QED) is 0.628. The van der Waals surface area contributed by atoms with E-state index >= 15 is 0 Å². The second kappa shape index (κ2) is 8.75. The number of hydrogen-bond donors (Lipinski definition) is 2. The van der Waals surface area contributed by atoms with Gasteiger partial charge in [0.05, 0.1) is 24.8 Å². The van der Waals surface area contributed by atoms with Gasteiger partial charge in [-0.1, -0.05) is 36.4 Å². The monoisotopic (exact) mass is 363 g/mol. The molecule has 2 aromatic carbocycles. The number of esters is 1. The van der Waals surface area contributed by atoms with E-state index in [9.17, 15) is 4.79 Å². The van der Waals surface area contributed by atoms with Crippen molar-refractivity contribution in [2.45, 2.75) is 31.8 Å². The fourth-order valence-electron chi connectivity index (χ4n) is 2.97. The highest BCUT2D eigenvalue weighted by Crippen LogP contribution is 2.21. The van der Waals surface area contributed by atoms with Crippen molar-refractivity contribution in [3.63, 3.8) is 0 Å². The number of carbonyl (C=O) groups is 1. The van der Waals surface area contributed by atoms with Gasteiger partial charge in [0.25, 0.3) is 0 Å². The van der Waals surface area contributed by atoms with Gasteiger partial charge in [-0.2, -0.15) is 0 Å². The molecule has 0 aliphatic carbocycles. The number of carbonyl (C=O) groups excluding carboxylic acids is 1. The molecule has 0 bridgehead atoms. The maximum absolute atomic E-state index is 12.0. The molecule has 3 rings (SSSR count). The first-order valence-corrected chi connectivity index (χ1v) is 9.13. The summed E-state index contributed by atoms with van der Waals surface area (Å²) in [6.07, 6.45) is 2.44. The summed E-state index contributed by atoms with van der Waals surface area (Å²) in [5, 5.41) is 2.31. The van der Waals surface area contributed by atoms with E-state index in [1.54, 1.807) is 6.20 Å². The molecule has 0 unspecified atom stereocenters. The summed E-state index contributed by atoms with van der Waals surface area (Å²) < 4.78 is 5.35. The molecule has 0 aliphatic heterocycles. The molecular weight excluding hydrogens is 338 g/mol. The van der Waals surface area contributed by atoms with Crippen LogP contribution in [0.25, 0.3) is 10.8 Å². The molecule has 0 fully saturated rings. The van der Waals surface area contributed by atoms with Crippen molar-refractivity contribution in [1.29, 1.82) is 0 Å². The van der Waals surface area contributed by atoms with Crippen LogP contribution in [0.5, 0.6) is 0 Å². The van der Waals surface area contributed by atoms with Gasteiger partial charge in [-0.05, 0) is 47.0 Å². The zero-order valence-corrected chi connectivity index (χ0v) is 15.5. The Labute approximate surface area is 159 Å². The van der Waals surface area contributed by atoms with Crippen molar-refractivity contribution in [1.82, 2.24) is 4.98 Å². The van der Waals surface area contributed by atoms with Crippen molar-refractivity contribution in [3.05, 3.63) is 77.6 Å². The van der Waals surface area contributed by atoms with Gasteiger partial charge in [-0.15, -0.1) is 0 Å². The molecule has 5 nitrogen and oxygen atoms in total. The van der Waals surface area contributed by atoms with E-state index in [0.717, 1.165) is 16.5 Å². The van der Waals surface area contributed by atoms with E-state index in [1.807, 2.05) is 25.1 Å². The van der Waals surface area contributed by atoms with Crippen LogP contribution in [0.2, 0.25) is 0 Å². The molecule has 1 aromatic heterocycles. The molecule has 0 saturated carbocycles. The van der Waals surface area contributed by atoms with Crippen molar-refractivity contribution in [3.8, 4) is 0 Å². The Kier molecular flexibility index (Phi) is 6.16. The van der Waals surface area contributed by atoms with Crippen LogP contribution < -0.4 is 11.5 Å². The zero-order valence-electron chi connectivity index (χ0n) is 15.5. The number of hydrogen-bond acceptors (Lipinski definition) is 5. The molecule has 27 heavy (non-hydrogen) atoms. The number of aromatic nitrogens is 1. The maximum Gasteiger partial charge on any atom is 0.307 e. The lowest BCUT2D eigenvalue weighted by atomic mass is 10.0. The third kappa shape index (κ3) is 5.12. The molecule has 2 atom stereocenters. The van der Waals surface area contributed by atoms with Crippen LogP contribution in [0.1, 0.15) is 42.2 Å². The zero-order chi connectivity index (χ0) is 19.2. The van der Waals surface area contributed by atoms with Gasteiger partial charge in [-0.25, -0.2) is 0 Å². The molecule has 0 spiro atoms. The van der Waals surface area contributed by atoms with Gasteiger partial charge in [0.15, 0.2) is 0 Å². The molecular formula is C22H25N3O2. The SMILES string of the molecule is C[C@@H](N)c1ccc2ccc(CCOC(=O)C[C@@H](N)c3ccccn3)cc2c1. The second-order valence-electron chi connectivity index (χ2n) is 6.77. The van der Waals surface area contributed by atoms with E-state index in [0.29, 0.717) is 18.7 Å². The summed E-state index contributed by atoms with van der Waals surface area (Å²) in [5.41, 5.74) is 14.9. The van der Waals surface area contributed by atoms with Crippen molar-refractivity contribution in [2.24, 2.45) is 11.5 Å². The number of benzene rings is 2. The fourth-order valence-corrected chi connectivity index (χ4v) is 2.97. The van der Waals surface area contributed by atoms with Crippen LogP contribution >= 0.6 is 0 Å². The fraction of sp³-hybridized carbons (Fsp3) is 0.273. The van der Waals surface area contributed by atoms with Gasteiger partial charge in [0.2, 0.25) is 0 Å². The van der Waals surface area contributed by atoms with Crippen LogP contribution in [0, 0.1) is 0 Å². The first kappa shape index (κ1) is 19.0. The van der Waals surface area contributed by atoms with E-state index in [2.05, 4.69) is 41.4 Å². The molecule has 4 N–H and O–H groups in total. The summed E-state index contributed by atoms with van der Waals surface area (Å²) in [7, 11) is 0. The van der Waals surface area contributed by atoms with E-state index in [1.165, 1.54) is 5.39 Å². The molecule has 0 saturated heterocycles.